The minimum atomic E-state index is -0.422. The lowest BCUT2D eigenvalue weighted by atomic mass is 9.87. The molecule has 39 heavy (non-hydrogen) atoms. The first-order valence-electron chi connectivity index (χ1n) is 14.1. The maximum atomic E-state index is 13.5. The van der Waals surface area contributed by atoms with Crippen LogP contribution in [0.15, 0.2) is 58.7 Å². The van der Waals surface area contributed by atoms with Crippen molar-refractivity contribution < 1.29 is 23.9 Å². The van der Waals surface area contributed by atoms with Crippen LogP contribution in [-0.2, 0) is 23.9 Å². The lowest BCUT2D eigenvalue weighted by molar-refractivity contribution is -0.120. The van der Waals surface area contributed by atoms with Gasteiger partial charge in [-0.2, -0.15) is 0 Å². The van der Waals surface area contributed by atoms with Gasteiger partial charge in [0.2, 0.25) is 17.5 Å². The van der Waals surface area contributed by atoms with E-state index in [0.717, 1.165) is 50.7 Å². The summed E-state index contributed by atoms with van der Waals surface area (Å²) in [5.74, 6) is 0.0983. The second-order valence-electron chi connectivity index (χ2n) is 10.6. The molecular weight excluding hydrogens is 494 g/mol. The monoisotopic (exact) mass is 539 g/mol. The second-order valence-corrected chi connectivity index (χ2v) is 10.6. The van der Waals surface area contributed by atoms with Crippen LogP contribution in [0.1, 0.15) is 85.0 Å². The Labute approximate surface area is 232 Å². The largest absolute Gasteiger partial charge is 0.501 e. The molecule has 0 aromatic rings. The SMILES string of the molecule is CO/C1=C\C(C)CCCC(C)CC2=C(NCCCCCC(N)=O)C(=O)C=C(NC(=O)/C(C)=C/C=C\CC1)C2=O. The standard InChI is InChI=1S/C31H45N3O5/c1-21-12-11-13-22(2)19-25-29(33-17-10-6-9-16-28(32)36)27(35)20-26(30(25)37)34-31(38)23(3)14-7-5-8-15-24(18-21)39-4/h5,7,14,18,20-22,33H,6,8-13,15-17,19H2,1-4H3,(H2,32,36)(H,34,38)/b7-5-,23-14+,24-18-. The molecule has 2 aliphatic rings. The van der Waals surface area contributed by atoms with Crippen LogP contribution >= 0.6 is 0 Å². The Bertz CT molecular complexity index is 1060. The number of hydrogen-bond acceptors (Lipinski definition) is 6. The topological polar surface area (TPSA) is 128 Å². The number of fused-ring (bicyclic) bond motifs is 2. The number of carbonyl (C=O) groups excluding carboxylic acids is 4. The molecule has 0 spiro atoms. The van der Waals surface area contributed by atoms with E-state index >= 15 is 0 Å². The predicted molar refractivity (Wildman–Crippen MR) is 153 cm³/mol. The first-order valence-corrected chi connectivity index (χ1v) is 14.1. The van der Waals surface area contributed by atoms with Crippen molar-refractivity contribution in [3.8, 4) is 0 Å². The summed E-state index contributed by atoms with van der Waals surface area (Å²) in [4.78, 5) is 50.4. The van der Waals surface area contributed by atoms with Crippen LogP contribution in [0.25, 0.3) is 0 Å². The molecule has 0 fully saturated rings. The first-order chi connectivity index (χ1) is 18.6. The van der Waals surface area contributed by atoms with Gasteiger partial charge < -0.3 is 21.1 Å². The molecule has 2 atom stereocenters. The molecule has 1 heterocycles. The predicted octanol–water partition coefficient (Wildman–Crippen LogP) is 4.69. The molecular formula is C31H45N3O5. The van der Waals surface area contributed by atoms with E-state index in [0.29, 0.717) is 48.6 Å². The minimum Gasteiger partial charge on any atom is -0.501 e. The molecule has 4 N–H and O–H groups in total. The molecule has 1 aliphatic carbocycles. The molecule has 214 valence electrons. The summed E-state index contributed by atoms with van der Waals surface area (Å²) < 4.78 is 5.56. The Hall–Kier alpha value is -3.42. The van der Waals surface area contributed by atoms with E-state index < -0.39 is 5.91 Å². The van der Waals surface area contributed by atoms with Gasteiger partial charge in [-0.3, -0.25) is 19.2 Å². The summed E-state index contributed by atoms with van der Waals surface area (Å²) in [5, 5.41) is 5.83. The lowest BCUT2D eigenvalue weighted by Crippen LogP contribution is -2.36. The number of methoxy groups -OCH3 is 1. The van der Waals surface area contributed by atoms with E-state index in [1.807, 2.05) is 12.2 Å². The number of nitrogens with two attached hydrogens (primary N) is 1. The molecule has 2 rings (SSSR count). The van der Waals surface area contributed by atoms with Gasteiger partial charge in [0, 0.05) is 36.6 Å². The van der Waals surface area contributed by atoms with E-state index in [-0.39, 0.29) is 29.1 Å². The average Bonchev–Trinajstić information content (AvgIpc) is 2.88. The molecule has 2 amide bonds. The number of primary amides is 1. The summed E-state index contributed by atoms with van der Waals surface area (Å²) in [6, 6.07) is 0. The van der Waals surface area contributed by atoms with Gasteiger partial charge in [-0.1, -0.05) is 51.3 Å². The van der Waals surface area contributed by atoms with Gasteiger partial charge in [-0.25, -0.2) is 0 Å². The number of ketones is 2. The number of amides is 2. The number of unbranched alkanes of at least 4 members (excludes halogenated alkanes) is 2. The second kappa shape index (κ2) is 16.5. The fourth-order valence-corrected chi connectivity index (χ4v) is 4.71. The number of allylic oxidation sites excluding steroid dienone is 7. The fraction of sp³-hybridized carbons (Fsp3) is 0.548. The van der Waals surface area contributed by atoms with Crippen LogP contribution in [-0.4, -0.2) is 37.0 Å². The molecule has 2 unspecified atom stereocenters. The van der Waals surface area contributed by atoms with Gasteiger partial charge in [0.25, 0.3) is 5.91 Å². The van der Waals surface area contributed by atoms with Gasteiger partial charge in [0.1, 0.15) is 0 Å². The first kappa shape index (κ1) is 31.8. The molecule has 2 bridgehead atoms. The van der Waals surface area contributed by atoms with E-state index in [4.69, 9.17) is 10.5 Å². The third kappa shape index (κ3) is 11.1. The molecule has 8 nitrogen and oxygen atoms in total. The Morgan fingerprint density at radius 3 is 2.64 bits per heavy atom. The highest BCUT2D eigenvalue weighted by Gasteiger charge is 2.30. The summed E-state index contributed by atoms with van der Waals surface area (Å²) in [6.07, 6.45) is 16.3. The van der Waals surface area contributed by atoms with Crippen molar-refractivity contribution in [2.75, 3.05) is 13.7 Å². The van der Waals surface area contributed by atoms with E-state index in [9.17, 15) is 19.2 Å². The van der Waals surface area contributed by atoms with Gasteiger partial charge in [0.15, 0.2) is 0 Å². The fourth-order valence-electron chi connectivity index (χ4n) is 4.71. The molecule has 0 saturated heterocycles. The highest BCUT2D eigenvalue weighted by Crippen LogP contribution is 2.27. The zero-order valence-electron chi connectivity index (χ0n) is 23.9. The number of nitrogens with one attached hydrogen (secondary N) is 2. The quantitative estimate of drug-likeness (QED) is 0.303. The summed E-state index contributed by atoms with van der Waals surface area (Å²) in [7, 11) is 1.69. The Balaban J connectivity index is 2.26. The normalized spacial score (nSPS) is 25.5. The van der Waals surface area contributed by atoms with Crippen LogP contribution in [0, 0.1) is 11.8 Å². The highest BCUT2D eigenvalue weighted by molar-refractivity contribution is 6.23. The maximum absolute atomic E-state index is 13.5. The van der Waals surface area contributed by atoms with Gasteiger partial charge >= 0.3 is 0 Å². The van der Waals surface area contributed by atoms with E-state index in [2.05, 4.69) is 30.6 Å². The smallest absolute Gasteiger partial charge is 0.251 e. The Kier molecular flexibility index (Phi) is 13.5. The van der Waals surface area contributed by atoms with Gasteiger partial charge in [0.05, 0.1) is 24.3 Å². The summed E-state index contributed by atoms with van der Waals surface area (Å²) >= 11 is 0. The zero-order chi connectivity index (χ0) is 28.8. The number of rotatable bonds is 8. The Morgan fingerprint density at radius 2 is 1.92 bits per heavy atom. The molecule has 0 saturated carbocycles. The van der Waals surface area contributed by atoms with Crippen molar-refractivity contribution in [2.24, 2.45) is 17.6 Å². The molecule has 0 aromatic heterocycles. The molecule has 0 aromatic carbocycles. The van der Waals surface area contributed by atoms with Crippen LogP contribution in [0.3, 0.4) is 0 Å². The zero-order valence-corrected chi connectivity index (χ0v) is 23.9. The molecule has 1 aliphatic heterocycles. The van der Waals surface area contributed by atoms with Crippen molar-refractivity contribution in [1.29, 1.82) is 0 Å². The highest BCUT2D eigenvalue weighted by atomic mass is 16.5. The van der Waals surface area contributed by atoms with Crippen LogP contribution in [0.2, 0.25) is 0 Å². The molecule has 8 heteroatoms. The van der Waals surface area contributed by atoms with Crippen LogP contribution < -0.4 is 16.4 Å². The van der Waals surface area contributed by atoms with Crippen LogP contribution in [0.4, 0.5) is 0 Å². The average molecular weight is 540 g/mol. The van der Waals surface area contributed by atoms with Gasteiger partial charge in [-0.05, 0) is 56.9 Å². The number of Topliss-reactive ketones (excluding diaryl/α,β-unsaturated/α-hetero) is 1. The number of hydrogen-bond donors (Lipinski definition) is 3. The third-order valence-corrected chi connectivity index (χ3v) is 7.03. The van der Waals surface area contributed by atoms with E-state index in [1.165, 1.54) is 6.08 Å². The van der Waals surface area contributed by atoms with Crippen molar-refractivity contribution >= 4 is 23.4 Å². The van der Waals surface area contributed by atoms with Crippen molar-refractivity contribution in [3.63, 3.8) is 0 Å². The van der Waals surface area contributed by atoms with E-state index in [1.54, 1.807) is 20.1 Å². The lowest BCUT2D eigenvalue weighted by Gasteiger charge is -2.23. The number of carbonyl (C=O) groups is 4. The minimum absolute atomic E-state index is 0.0106. The third-order valence-electron chi connectivity index (χ3n) is 7.03. The van der Waals surface area contributed by atoms with Crippen LogP contribution in [0.5, 0.6) is 0 Å². The summed E-state index contributed by atoms with van der Waals surface area (Å²) in [5.41, 5.74) is 6.36. The number of ether oxygens (including phenoxy) is 1. The van der Waals surface area contributed by atoms with Crippen molar-refractivity contribution in [2.45, 2.75) is 85.0 Å². The Morgan fingerprint density at radius 1 is 1.15 bits per heavy atom. The molecule has 0 radical (unpaired) electrons. The van der Waals surface area contributed by atoms with Crippen molar-refractivity contribution in [3.05, 3.63) is 58.7 Å². The van der Waals surface area contributed by atoms with Crippen molar-refractivity contribution in [1.82, 2.24) is 10.6 Å². The maximum Gasteiger partial charge on any atom is 0.251 e. The summed E-state index contributed by atoms with van der Waals surface area (Å²) in [6.45, 7) is 6.44. The van der Waals surface area contributed by atoms with Gasteiger partial charge in [-0.15, -0.1) is 0 Å².